The average Bonchev–Trinajstić information content (AvgIpc) is 2.52. The molecule has 1 fully saturated rings. The van der Waals surface area contributed by atoms with E-state index in [-0.39, 0.29) is 10.8 Å². The van der Waals surface area contributed by atoms with Crippen LogP contribution in [0.25, 0.3) is 0 Å². The third-order valence-electron chi connectivity index (χ3n) is 3.64. The Kier molecular flexibility index (Phi) is 6.23. The molecule has 1 N–H and O–H groups in total. The van der Waals surface area contributed by atoms with Gasteiger partial charge in [0.15, 0.2) is 0 Å². The lowest BCUT2D eigenvalue weighted by Gasteiger charge is -2.22. The molecule has 2 rings (SSSR count). The van der Waals surface area contributed by atoms with Gasteiger partial charge in [0.2, 0.25) is 10.0 Å². The summed E-state index contributed by atoms with van der Waals surface area (Å²) in [6.45, 7) is 6.62. The molecule has 1 aromatic rings. The van der Waals surface area contributed by atoms with Gasteiger partial charge in [-0.05, 0) is 48.9 Å². The Bertz CT molecular complexity index is 548. The Morgan fingerprint density at radius 1 is 1.23 bits per heavy atom. The number of rotatable bonds is 7. The van der Waals surface area contributed by atoms with Gasteiger partial charge in [0.1, 0.15) is 5.75 Å². The molecule has 0 aliphatic carbocycles. The van der Waals surface area contributed by atoms with Gasteiger partial charge in [-0.15, -0.1) is 0 Å². The van der Waals surface area contributed by atoms with Gasteiger partial charge in [-0.1, -0.05) is 13.8 Å². The molecule has 0 spiro atoms. The van der Waals surface area contributed by atoms with E-state index in [1.165, 1.54) is 0 Å². The van der Waals surface area contributed by atoms with Gasteiger partial charge < -0.3 is 9.47 Å². The van der Waals surface area contributed by atoms with Crippen molar-refractivity contribution in [2.24, 2.45) is 11.8 Å². The minimum Gasteiger partial charge on any atom is -0.493 e. The number of ether oxygens (including phenoxy) is 2. The van der Waals surface area contributed by atoms with Gasteiger partial charge in [0.05, 0.1) is 11.5 Å². The third kappa shape index (κ3) is 5.26. The zero-order valence-electron chi connectivity index (χ0n) is 13.2. The van der Waals surface area contributed by atoms with Crippen molar-refractivity contribution in [3.63, 3.8) is 0 Å². The first-order valence-electron chi connectivity index (χ1n) is 7.77. The van der Waals surface area contributed by atoms with Crippen LogP contribution < -0.4 is 9.46 Å². The molecular formula is C16H25NO4S. The largest absolute Gasteiger partial charge is 0.493 e. The van der Waals surface area contributed by atoms with Crippen molar-refractivity contribution in [2.45, 2.75) is 31.6 Å². The first-order chi connectivity index (χ1) is 10.5. The summed E-state index contributed by atoms with van der Waals surface area (Å²) in [5, 5.41) is 0. The third-order valence-corrected chi connectivity index (χ3v) is 5.08. The van der Waals surface area contributed by atoms with Crippen LogP contribution in [0, 0.1) is 11.8 Å². The van der Waals surface area contributed by atoms with Crippen molar-refractivity contribution in [2.75, 3.05) is 26.4 Å². The fourth-order valence-corrected chi connectivity index (χ4v) is 3.42. The summed E-state index contributed by atoms with van der Waals surface area (Å²) in [4.78, 5) is 0.270. The van der Waals surface area contributed by atoms with Crippen molar-refractivity contribution < 1.29 is 17.9 Å². The Labute approximate surface area is 133 Å². The monoisotopic (exact) mass is 327 g/mol. The van der Waals surface area contributed by atoms with Crippen LogP contribution >= 0.6 is 0 Å². The van der Waals surface area contributed by atoms with Crippen LogP contribution in [0.4, 0.5) is 0 Å². The van der Waals surface area contributed by atoms with E-state index in [9.17, 15) is 8.42 Å². The lowest BCUT2D eigenvalue weighted by atomic mass is 10.0. The van der Waals surface area contributed by atoms with E-state index in [4.69, 9.17) is 9.47 Å². The van der Waals surface area contributed by atoms with Crippen molar-refractivity contribution in [1.29, 1.82) is 0 Å². The molecule has 1 heterocycles. The molecule has 0 aromatic heterocycles. The molecule has 6 heteroatoms. The Hall–Kier alpha value is -1.11. The van der Waals surface area contributed by atoms with E-state index in [1.807, 2.05) is 13.8 Å². The van der Waals surface area contributed by atoms with Crippen LogP contribution in [0.1, 0.15) is 26.7 Å². The zero-order chi connectivity index (χ0) is 16.0. The zero-order valence-corrected chi connectivity index (χ0v) is 14.1. The molecule has 1 aliphatic rings. The molecule has 1 saturated heterocycles. The fourth-order valence-electron chi connectivity index (χ4n) is 2.20. The number of sulfonamides is 1. The maximum Gasteiger partial charge on any atom is 0.240 e. The average molecular weight is 327 g/mol. The van der Waals surface area contributed by atoms with E-state index in [0.29, 0.717) is 24.8 Å². The van der Waals surface area contributed by atoms with Crippen LogP contribution in [-0.4, -0.2) is 34.8 Å². The van der Waals surface area contributed by atoms with Gasteiger partial charge in [-0.25, -0.2) is 13.1 Å². The van der Waals surface area contributed by atoms with Gasteiger partial charge >= 0.3 is 0 Å². The lowest BCUT2D eigenvalue weighted by molar-refractivity contribution is 0.0497. The van der Waals surface area contributed by atoms with Crippen LogP contribution in [0.15, 0.2) is 29.2 Å². The van der Waals surface area contributed by atoms with Crippen molar-refractivity contribution >= 4 is 10.0 Å². The molecule has 0 atom stereocenters. The number of hydrogen-bond acceptors (Lipinski definition) is 4. The summed E-state index contributed by atoms with van der Waals surface area (Å²) < 4.78 is 37.8. The predicted molar refractivity (Wildman–Crippen MR) is 85.5 cm³/mol. The van der Waals surface area contributed by atoms with E-state index in [1.54, 1.807) is 24.3 Å². The second-order valence-corrected chi connectivity index (χ2v) is 7.85. The van der Waals surface area contributed by atoms with Crippen molar-refractivity contribution in [3.8, 4) is 5.75 Å². The highest BCUT2D eigenvalue weighted by Gasteiger charge is 2.16. The van der Waals surface area contributed by atoms with E-state index in [0.717, 1.165) is 26.1 Å². The maximum absolute atomic E-state index is 12.1. The van der Waals surface area contributed by atoms with Crippen LogP contribution in [0.3, 0.4) is 0 Å². The highest BCUT2D eigenvalue weighted by Crippen LogP contribution is 2.19. The van der Waals surface area contributed by atoms with Crippen LogP contribution in [-0.2, 0) is 14.8 Å². The normalized spacial score (nSPS) is 16.9. The van der Waals surface area contributed by atoms with Gasteiger partial charge in [-0.3, -0.25) is 0 Å². The molecule has 0 amide bonds. The summed E-state index contributed by atoms with van der Waals surface area (Å²) in [6.07, 6.45) is 2.04. The molecule has 0 saturated carbocycles. The fraction of sp³-hybridized carbons (Fsp3) is 0.625. The Morgan fingerprint density at radius 2 is 1.86 bits per heavy atom. The minimum absolute atomic E-state index is 0.270. The highest BCUT2D eigenvalue weighted by atomic mass is 32.2. The van der Waals surface area contributed by atoms with Crippen molar-refractivity contribution in [3.05, 3.63) is 24.3 Å². The molecule has 1 aromatic carbocycles. The quantitative estimate of drug-likeness (QED) is 0.835. The van der Waals surface area contributed by atoms with E-state index in [2.05, 4.69) is 4.72 Å². The standard InChI is InChI=1S/C16H25NO4S/c1-13(2)11-17-22(18,19)16-5-3-15(4-6-16)21-12-14-7-9-20-10-8-14/h3-6,13-14,17H,7-12H2,1-2H3. The molecule has 0 unspecified atom stereocenters. The Morgan fingerprint density at radius 3 is 2.45 bits per heavy atom. The molecule has 0 bridgehead atoms. The van der Waals surface area contributed by atoms with Crippen LogP contribution in [0.2, 0.25) is 0 Å². The summed E-state index contributed by atoms with van der Waals surface area (Å²) in [7, 11) is -3.43. The van der Waals surface area contributed by atoms with Crippen LogP contribution in [0.5, 0.6) is 5.75 Å². The molecular weight excluding hydrogens is 302 g/mol. The minimum atomic E-state index is -3.43. The number of nitrogens with one attached hydrogen (secondary N) is 1. The second kappa shape index (κ2) is 7.94. The van der Waals surface area contributed by atoms with Gasteiger partial charge in [-0.2, -0.15) is 0 Å². The van der Waals surface area contributed by atoms with E-state index < -0.39 is 10.0 Å². The van der Waals surface area contributed by atoms with Gasteiger partial charge in [0.25, 0.3) is 0 Å². The number of benzene rings is 1. The molecule has 124 valence electrons. The number of hydrogen-bond donors (Lipinski definition) is 1. The molecule has 0 radical (unpaired) electrons. The highest BCUT2D eigenvalue weighted by molar-refractivity contribution is 7.89. The van der Waals surface area contributed by atoms with E-state index >= 15 is 0 Å². The molecule has 1 aliphatic heterocycles. The summed E-state index contributed by atoms with van der Waals surface area (Å²) >= 11 is 0. The summed E-state index contributed by atoms with van der Waals surface area (Å²) in [6, 6.07) is 6.59. The van der Waals surface area contributed by atoms with Gasteiger partial charge in [0, 0.05) is 19.8 Å². The SMILES string of the molecule is CC(C)CNS(=O)(=O)c1ccc(OCC2CCOCC2)cc1. The second-order valence-electron chi connectivity index (χ2n) is 6.08. The molecule has 5 nitrogen and oxygen atoms in total. The summed E-state index contributed by atoms with van der Waals surface area (Å²) in [5.74, 6) is 1.50. The first kappa shape index (κ1) is 17.2. The van der Waals surface area contributed by atoms with Crippen molar-refractivity contribution in [1.82, 2.24) is 4.72 Å². The Balaban J connectivity index is 1.89. The predicted octanol–water partition coefficient (Wildman–Crippen LogP) is 2.43. The lowest BCUT2D eigenvalue weighted by Crippen LogP contribution is -2.27. The maximum atomic E-state index is 12.1. The smallest absolute Gasteiger partial charge is 0.240 e. The summed E-state index contributed by atoms with van der Waals surface area (Å²) in [5.41, 5.74) is 0. The topological polar surface area (TPSA) is 64.6 Å². The molecule has 22 heavy (non-hydrogen) atoms. The first-order valence-corrected chi connectivity index (χ1v) is 9.26.